The molecule has 3 rings (SSSR count). The number of anilines is 1. The normalized spacial score (nSPS) is 11.9. The van der Waals surface area contributed by atoms with Crippen LogP contribution >= 0.6 is 0 Å². The number of para-hydroxylation sites is 1. The van der Waals surface area contributed by atoms with E-state index in [1.54, 1.807) is 12.1 Å². The molecule has 4 nitrogen and oxygen atoms in total. The molecule has 1 atom stereocenters. The van der Waals surface area contributed by atoms with Gasteiger partial charge in [-0.1, -0.05) is 54.6 Å². The number of hydrogen-bond donors (Lipinski definition) is 1. The van der Waals surface area contributed by atoms with Crippen LogP contribution in [0, 0.1) is 5.82 Å². The van der Waals surface area contributed by atoms with Crippen molar-refractivity contribution in [3.05, 3.63) is 95.8 Å². The number of carbonyl (C=O) groups is 1. The van der Waals surface area contributed by atoms with Crippen molar-refractivity contribution in [3.8, 4) is 5.75 Å². The third-order valence-electron chi connectivity index (χ3n) is 4.49. The molecule has 0 fully saturated rings. The molecular formula is C23H23FN2O2. The number of methoxy groups -OCH3 is 1. The molecule has 3 aromatic rings. The van der Waals surface area contributed by atoms with Crippen molar-refractivity contribution in [1.82, 2.24) is 4.90 Å². The minimum absolute atomic E-state index is 0.145. The van der Waals surface area contributed by atoms with Crippen LogP contribution in [0.1, 0.15) is 17.2 Å². The zero-order valence-electron chi connectivity index (χ0n) is 15.9. The lowest BCUT2D eigenvalue weighted by Gasteiger charge is -2.28. The van der Waals surface area contributed by atoms with Gasteiger partial charge in [-0.05, 0) is 42.4 Å². The molecule has 0 aliphatic heterocycles. The monoisotopic (exact) mass is 378 g/mol. The first-order chi connectivity index (χ1) is 13.6. The predicted octanol–water partition coefficient (Wildman–Crippen LogP) is 4.65. The Kier molecular flexibility index (Phi) is 6.40. The Morgan fingerprint density at radius 2 is 1.68 bits per heavy atom. The van der Waals surface area contributed by atoms with Crippen LogP contribution in [0.2, 0.25) is 0 Å². The van der Waals surface area contributed by atoms with E-state index < -0.39 is 11.9 Å². The average Bonchev–Trinajstić information content (AvgIpc) is 2.70. The van der Waals surface area contributed by atoms with Crippen molar-refractivity contribution in [2.75, 3.05) is 19.5 Å². The summed E-state index contributed by atoms with van der Waals surface area (Å²) in [6.45, 7) is 0.405. The summed E-state index contributed by atoms with van der Waals surface area (Å²) < 4.78 is 19.0. The molecule has 0 spiro atoms. The van der Waals surface area contributed by atoms with E-state index >= 15 is 0 Å². The van der Waals surface area contributed by atoms with Crippen LogP contribution in [0.25, 0.3) is 0 Å². The maximum atomic E-state index is 14.0. The van der Waals surface area contributed by atoms with Gasteiger partial charge in [-0.3, -0.25) is 9.69 Å². The van der Waals surface area contributed by atoms with E-state index in [0.29, 0.717) is 6.54 Å². The highest BCUT2D eigenvalue weighted by atomic mass is 19.1. The maximum absolute atomic E-state index is 14.0. The van der Waals surface area contributed by atoms with Crippen LogP contribution in [-0.4, -0.2) is 25.0 Å². The van der Waals surface area contributed by atoms with Crippen molar-refractivity contribution in [1.29, 1.82) is 0 Å². The largest absolute Gasteiger partial charge is 0.494 e. The van der Waals surface area contributed by atoms with E-state index in [-0.39, 0.29) is 11.7 Å². The lowest BCUT2D eigenvalue weighted by Crippen LogP contribution is -2.34. The van der Waals surface area contributed by atoms with Crippen LogP contribution in [0.15, 0.2) is 78.9 Å². The summed E-state index contributed by atoms with van der Waals surface area (Å²) in [4.78, 5) is 15.0. The molecule has 144 valence electrons. The number of amides is 1. The van der Waals surface area contributed by atoms with Crippen LogP contribution < -0.4 is 10.1 Å². The van der Waals surface area contributed by atoms with Gasteiger partial charge >= 0.3 is 0 Å². The highest BCUT2D eigenvalue weighted by molar-refractivity contribution is 5.95. The smallest absolute Gasteiger partial charge is 0.246 e. The third kappa shape index (κ3) is 4.75. The highest BCUT2D eigenvalue weighted by Crippen LogP contribution is 2.25. The molecule has 0 aliphatic rings. The second-order valence-corrected chi connectivity index (χ2v) is 6.55. The molecule has 0 heterocycles. The molecule has 5 heteroatoms. The van der Waals surface area contributed by atoms with Gasteiger partial charge in [-0.2, -0.15) is 0 Å². The fourth-order valence-electron chi connectivity index (χ4n) is 3.16. The maximum Gasteiger partial charge on any atom is 0.246 e. The van der Waals surface area contributed by atoms with Crippen LogP contribution in [0.3, 0.4) is 0 Å². The van der Waals surface area contributed by atoms with Gasteiger partial charge in [0.25, 0.3) is 0 Å². The van der Waals surface area contributed by atoms with Gasteiger partial charge in [-0.15, -0.1) is 0 Å². The quantitative estimate of drug-likeness (QED) is 0.651. The SMILES string of the molecule is COc1ccc(CN(C)C(C(=O)Nc2ccccc2)c2ccccc2)cc1F. The number of likely N-dealkylation sites (N-methyl/N-ethyl adjacent to an activating group) is 1. The Balaban J connectivity index is 1.84. The molecule has 0 aromatic heterocycles. The van der Waals surface area contributed by atoms with E-state index in [9.17, 15) is 9.18 Å². The van der Waals surface area contributed by atoms with E-state index in [4.69, 9.17) is 4.74 Å². The lowest BCUT2D eigenvalue weighted by molar-refractivity contribution is -0.121. The van der Waals surface area contributed by atoms with Crippen LogP contribution in [0.5, 0.6) is 5.75 Å². The Morgan fingerprint density at radius 1 is 1.04 bits per heavy atom. The van der Waals surface area contributed by atoms with Crippen molar-refractivity contribution in [3.63, 3.8) is 0 Å². The topological polar surface area (TPSA) is 41.6 Å². The summed E-state index contributed by atoms with van der Waals surface area (Å²) in [5.74, 6) is -0.361. The number of hydrogen-bond acceptors (Lipinski definition) is 3. The van der Waals surface area contributed by atoms with Gasteiger partial charge in [0.15, 0.2) is 11.6 Å². The van der Waals surface area contributed by atoms with E-state index in [0.717, 1.165) is 16.8 Å². The van der Waals surface area contributed by atoms with Gasteiger partial charge in [0, 0.05) is 12.2 Å². The molecule has 0 saturated carbocycles. The molecule has 1 unspecified atom stereocenters. The van der Waals surface area contributed by atoms with E-state index in [1.807, 2.05) is 72.6 Å². The number of nitrogens with one attached hydrogen (secondary N) is 1. The first kappa shape index (κ1) is 19.6. The van der Waals surface area contributed by atoms with Crippen molar-refractivity contribution in [2.24, 2.45) is 0 Å². The summed E-state index contributed by atoms with van der Waals surface area (Å²) in [7, 11) is 3.29. The Labute approximate surface area is 164 Å². The fraction of sp³-hybridized carbons (Fsp3) is 0.174. The van der Waals surface area contributed by atoms with E-state index in [2.05, 4.69) is 5.32 Å². The number of nitrogens with zero attached hydrogens (tertiary/aromatic N) is 1. The Bertz CT molecular complexity index is 916. The highest BCUT2D eigenvalue weighted by Gasteiger charge is 2.25. The zero-order chi connectivity index (χ0) is 19.9. The molecular weight excluding hydrogens is 355 g/mol. The second kappa shape index (κ2) is 9.15. The first-order valence-corrected chi connectivity index (χ1v) is 9.02. The van der Waals surface area contributed by atoms with Gasteiger partial charge in [-0.25, -0.2) is 4.39 Å². The average molecular weight is 378 g/mol. The molecule has 0 saturated heterocycles. The molecule has 1 amide bonds. The minimum atomic E-state index is -0.522. The molecule has 3 aromatic carbocycles. The number of carbonyl (C=O) groups excluding carboxylic acids is 1. The van der Waals surface area contributed by atoms with Gasteiger partial charge < -0.3 is 10.1 Å². The van der Waals surface area contributed by atoms with Gasteiger partial charge in [0.05, 0.1) is 7.11 Å². The molecule has 1 N–H and O–H groups in total. The molecule has 28 heavy (non-hydrogen) atoms. The summed E-state index contributed by atoms with van der Waals surface area (Å²) in [5, 5.41) is 2.96. The van der Waals surface area contributed by atoms with Crippen LogP contribution in [0.4, 0.5) is 10.1 Å². The molecule has 0 radical (unpaired) electrons. The first-order valence-electron chi connectivity index (χ1n) is 9.02. The Hall–Kier alpha value is -3.18. The number of halogens is 1. The summed E-state index contributed by atoms with van der Waals surface area (Å²) in [5.41, 5.74) is 2.36. The third-order valence-corrected chi connectivity index (χ3v) is 4.49. The van der Waals surface area contributed by atoms with Crippen LogP contribution in [-0.2, 0) is 11.3 Å². The zero-order valence-corrected chi connectivity index (χ0v) is 15.9. The minimum Gasteiger partial charge on any atom is -0.494 e. The van der Waals surface area contributed by atoms with E-state index in [1.165, 1.54) is 13.2 Å². The standard InChI is InChI=1S/C23H23FN2O2/c1-26(16-17-13-14-21(28-2)20(24)15-17)22(18-9-5-3-6-10-18)23(27)25-19-11-7-4-8-12-19/h3-15,22H,16H2,1-2H3,(H,25,27). The van der Waals surface area contributed by atoms with Gasteiger partial charge in [0.2, 0.25) is 5.91 Å². The molecule has 0 bridgehead atoms. The summed E-state index contributed by atoms with van der Waals surface area (Å²) in [6, 6.07) is 23.2. The van der Waals surface area contributed by atoms with Crippen molar-refractivity contribution < 1.29 is 13.9 Å². The van der Waals surface area contributed by atoms with Gasteiger partial charge in [0.1, 0.15) is 6.04 Å². The summed E-state index contributed by atoms with van der Waals surface area (Å²) in [6.07, 6.45) is 0. The second-order valence-electron chi connectivity index (χ2n) is 6.55. The number of benzene rings is 3. The summed E-state index contributed by atoms with van der Waals surface area (Å²) >= 11 is 0. The predicted molar refractivity (Wildman–Crippen MR) is 109 cm³/mol. The number of ether oxygens (including phenoxy) is 1. The van der Waals surface area contributed by atoms with Crippen molar-refractivity contribution >= 4 is 11.6 Å². The Morgan fingerprint density at radius 3 is 2.29 bits per heavy atom. The fourth-order valence-corrected chi connectivity index (χ4v) is 3.16. The number of rotatable bonds is 7. The lowest BCUT2D eigenvalue weighted by atomic mass is 10.0. The van der Waals surface area contributed by atoms with Crippen molar-refractivity contribution in [2.45, 2.75) is 12.6 Å². The molecule has 0 aliphatic carbocycles.